The van der Waals surface area contributed by atoms with Gasteiger partial charge >= 0.3 is 0 Å². The van der Waals surface area contributed by atoms with E-state index in [-0.39, 0.29) is 0 Å². The van der Waals surface area contributed by atoms with Crippen LogP contribution in [0.5, 0.6) is 0 Å². The van der Waals surface area contributed by atoms with Crippen LogP contribution in [0.15, 0.2) is 24.3 Å². The fourth-order valence-electron chi connectivity index (χ4n) is 3.41. The number of hydrogen-bond acceptors (Lipinski definition) is 2. The molecule has 104 valence electrons. The van der Waals surface area contributed by atoms with E-state index in [4.69, 9.17) is 5.73 Å². The summed E-state index contributed by atoms with van der Waals surface area (Å²) in [6, 6.07) is 9.45. The van der Waals surface area contributed by atoms with Crippen LogP contribution in [-0.4, -0.2) is 24.0 Å². The van der Waals surface area contributed by atoms with Crippen molar-refractivity contribution in [1.82, 2.24) is 4.90 Å². The first kappa shape index (κ1) is 13.1. The van der Waals surface area contributed by atoms with Gasteiger partial charge in [0, 0.05) is 19.1 Å². The van der Waals surface area contributed by atoms with Gasteiger partial charge in [0.1, 0.15) is 0 Å². The summed E-state index contributed by atoms with van der Waals surface area (Å²) in [5.41, 5.74) is 9.36. The van der Waals surface area contributed by atoms with Crippen LogP contribution in [0.3, 0.4) is 0 Å². The zero-order valence-electron chi connectivity index (χ0n) is 12.0. The fraction of sp³-hybridized carbons (Fsp3) is 0.647. The van der Waals surface area contributed by atoms with Crippen molar-refractivity contribution in [3.05, 3.63) is 35.4 Å². The molecule has 2 fully saturated rings. The Kier molecular flexibility index (Phi) is 3.90. The van der Waals surface area contributed by atoms with Crippen LogP contribution >= 0.6 is 0 Å². The van der Waals surface area contributed by atoms with Gasteiger partial charge in [-0.3, -0.25) is 4.90 Å². The second-order valence-corrected chi connectivity index (χ2v) is 6.33. The number of nitrogens with two attached hydrogens (primary N) is 1. The molecule has 0 spiro atoms. The van der Waals surface area contributed by atoms with Gasteiger partial charge < -0.3 is 5.73 Å². The van der Waals surface area contributed by atoms with Crippen LogP contribution in [-0.2, 0) is 6.54 Å². The first-order valence-corrected chi connectivity index (χ1v) is 7.83. The molecule has 0 radical (unpaired) electrons. The monoisotopic (exact) mass is 258 g/mol. The fourth-order valence-corrected chi connectivity index (χ4v) is 3.41. The van der Waals surface area contributed by atoms with Gasteiger partial charge in [0.25, 0.3) is 0 Å². The molecule has 0 amide bonds. The van der Waals surface area contributed by atoms with E-state index >= 15 is 0 Å². The van der Waals surface area contributed by atoms with Crippen LogP contribution in [0.4, 0.5) is 0 Å². The lowest BCUT2D eigenvalue weighted by Gasteiger charge is -2.36. The minimum atomic E-state index is 0.417. The molecule has 1 aromatic carbocycles. The van der Waals surface area contributed by atoms with Gasteiger partial charge in [-0.1, -0.05) is 37.6 Å². The molecule has 1 aromatic rings. The third-order valence-corrected chi connectivity index (χ3v) is 4.87. The van der Waals surface area contributed by atoms with Crippen molar-refractivity contribution in [2.45, 2.75) is 51.1 Å². The summed E-state index contributed by atoms with van der Waals surface area (Å²) >= 11 is 0. The van der Waals surface area contributed by atoms with E-state index < -0.39 is 0 Å². The highest BCUT2D eigenvalue weighted by Crippen LogP contribution is 2.41. The molecular weight excluding hydrogens is 232 g/mol. The lowest BCUT2D eigenvalue weighted by atomic mass is 9.90. The third-order valence-electron chi connectivity index (χ3n) is 4.87. The number of nitrogens with zero attached hydrogens (tertiary/aromatic N) is 1. The summed E-state index contributed by atoms with van der Waals surface area (Å²) in [5, 5.41) is 0. The Bertz CT molecular complexity index is 425. The van der Waals surface area contributed by atoms with Crippen LogP contribution in [0.2, 0.25) is 0 Å². The average molecular weight is 258 g/mol. The van der Waals surface area contributed by atoms with Crippen LogP contribution < -0.4 is 5.73 Å². The molecule has 1 aliphatic heterocycles. The summed E-state index contributed by atoms with van der Waals surface area (Å²) in [4.78, 5) is 2.61. The van der Waals surface area contributed by atoms with Crippen molar-refractivity contribution in [3.8, 4) is 0 Å². The maximum absolute atomic E-state index is 6.21. The van der Waals surface area contributed by atoms with Gasteiger partial charge in [-0.05, 0) is 48.8 Å². The van der Waals surface area contributed by atoms with E-state index in [9.17, 15) is 0 Å². The maximum Gasteiger partial charge on any atom is 0.0236 e. The summed E-state index contributed by atoms with van der Waals surface area (Å²) < 4.78 is 0. The van der Waals surface area contributed by atoms with Crippen molar-refractivity contribution in [1.29, 1.82) is 0 Å². The maximum atomic E-state index is 6.21. The lowest BCUT2D eigenvalue weighted by molar-refractivity contribution is 0.145. The molecule has 1 saturated carbocycles. The Balaban J connectivity index is 1.68. The average Bonchev–Trinajstić information content (AvgIpc) is 3.26. The Morgan fingerprint density at radius 1 is 1.21 bits per heavy atom. The van der Waals surface area contributed by atoms with Gasteiger partial charge in [-0.15, -0.1) is 0 Å². The number of rotatable bonds is 4. The van der Waals surface area contributed by atoms with Gasteiger partial charge in [0.2, 0.25) is 0 Å². The summed E-state index contributed by atoms with van der Waals surface area (Å²) in [6.45, 7) is 5.73. The molecular formula is C17H26N2. The highest BCUT2D eigenvalue weighted by Gasteiger charge is 2.28. The SMILES string of the molecule is CCC1CN(Cc2ccccc2C2CC2)CCC1N. The van der Waals surface area contributed by atoms with Crippen molar-refractivity contribution in [3.63, 3.8) is 0 Å². The van der Waals surface area contributed by atoms with E-state index in [2.05, 4.69) is 36.1 Å². The second-order valence-electron chi connectivity index (χ2n) is 6.33. The van der Waals surface area contributed by atoms with Gasteiger partial charge in [-0.2, -0.15) is 0 Å². The largest absolute Gasteiger partial charge is 0.327 e. The Morgan fingerprint density at radius 2 is 2.00 bits per heavy atom. The quantitative estimate of drug-likeness (QED) is 0.899. The first-order chi connectivity index (χ1) is 9.28. The zero-order chi connectivity index (χ0) is 13.2. The molecule has 1 saturated heterocycles. The zero-order valence-corrected chi connectivity index (χ0v) is 12.0. The van der Waals surface area contributed by atoms with E-state index in [0.717, 1.165) is 25.4 Å². The first-order valence-electron chi connectivity index (χ1n) is 7.83. The number of benzene rings is 1. The smallest absolute Gasteiger partial charge is 0.0236 e. The van der Waals surface area contributed by atoms with Crippen molar-refractivity contribution in [2.24, 2.45) is 11.7 Å². The molecule has 2 nitrogen and oxygen atoms in total. The van der Waals surface area contributed by atoms with Crippen LogP contribution in [0, 0.1) is 5.92 Å². The Hall–Kier alpha value is -0.860. The molecule has 0 aromatic heterocycles. The molecule has 1 aliphatic carbocycles. The van der Waals surface area contributed by atoms with Gasteiger partial charge in [0.15, 0.2) is 0 Å². The number of piperidine rings is 1. The lowest BCUT2D eigenvalue weighted by Crippen LogP contribution is -2.46. The number of hydrogen-bond donors (Lipinski definition) is 1. The van der Waals surface area contributed by atoms with E-state index in [1.807, 2.05) is 0 Å². The minimum absolute atomic E-state index is 0.417. The highest BCUT2D eigenvalue weighted by molar-refractivity contribution is 5.33. The molecule has 1 heterocycles. The number of likely N-dealkylation sites (tertiary alicyclic amines) is 1. The van der Waals surface area contributed by atoms with Crippen molar-refractivity contribution in [2.75, 3.05) is 13.1 Å². The van der Waals surface area contributed by atoms with E-state index in [0.29, 0.717) is 12.0 Å². The summed E-state index contributed by atoms with van der Waals surface area (Å²) in [7, 11) is 0. The van der Waals surface area contributed by atoms with E-state index in [1.54, 1.807) is 11.1 Å². The Labute approximate surface area is 117 Å². The van der Waals surface area contributed by atoms with Crippen molar-refractivity contribution >= 4 is 0 Å². The summed E-state index contributed by atoms with van der Waals surface area (Å²) in [6.07, 6.45) is 5.14. The minimum Gasteiger partial charge on any atom is -0.327 e. The molecule has 2 atom stereocenters. The molecule has 2 N–H and O–H groups in total. The van der Waals surface area contributed by atoms with Crippen LogP contribution in [0.25, 0.3) is 0 Å². The highest BCUT2D eigenvalue weighted by atomic mass is 15.1. The molecule has 19 heavy (non-hydrogen) atoms. The standard InChI is InChI=1S/C17H26N2/c1-2-13-11-19(10-9-17(13)18)12-15-5-3-4-6-16(15)14-7-8-14/h3-6,13-14,17H,2,7-12,18H2,1H3. The van der Waals surface area contributed by atoms with Gasteiger partial charge in [0.05, 0.1) is 0 Å². The Morgan fingerprint density at radius 3 is 2.74 bits per heavy atom. The summed E-state index contributed by atoms with van der Waals surface area (Å²) in [5.74, 6) is 1.53. The van der Waals surface area contributed by atoms with Gasteiger partial charge in [-0.25, -0.2) is 0 Å². The second kappa shape index (κ2) is 5.64. The van der Waals surface area contributed by atoms with Crippen molar-refractivity contribution < 1.29 is 0 Å². The van der Waals surface area contributed by atoms with E-state index in [1.165, 1.54) is 25.8 Å². The predicted octanol–water partition coefficient (Wildman–Crippen LogP) is 3.12. The molecule has 0 bridgehead atoms. The van der Waals surface area contributed by atoms with Crippen LogP contribution in [0.1, 0.15) is 49.7 Å². The topological polar surface area (TPSA) is 29.3 Å². The molecule has 3 rings (SSSR count). The third kappa shape index (κ3) is 3.01. The predicted molar refractivity (Wildman–Crippen MR) is 80.1 cm³/mol. The molecule has 2 aliphatic rings. The normalized spacial score (nSPS) is 28.5. The molecule has 2 unspecified atom stereocenters. The molecule has 2 heteroatoms.